The molecular formula is C31H31F3N4O5S. The lowest BCUT2D eigenvalue weighted by molar-refractivity contribution is -0.107. The van der Waals surface area contributed by atoms with Crippen molar-refractivity contribution in [2.45, 2.75) is 36.6 Å². The Morgan fingerprint density at radius 2 is 1.98 bits per heavy atom. The lowest BCUT2D eigenvalue weighted by Gasteiger charge is -2.33. The molecule has 0 fully saturated rings. The Labute approximate surface area is 254 Å². The summed E-state index contributed by atoms with van der Waals surface area (Å²) in [5, 5.41) is 7.20. The average molecular weight is 629 g/mol. The highest BCUT2D eigenvalue weighted by atomic mass is 32.2. The number of nitrogens with zero attached hydrogens (tertiary/aromatic N) is 2. The van der Waals surface area contributed by atoms with Crippen LogP contribution >= 0.6 is 0 Å². The molecule has 4 aromatic rings. The number of aliphatic hydroxyl groups excluding tert-OH is 1. The molecule has 0 aliphatic carbocycles. The summed E-state index contributed by atoms with van der Waals surface area (Å²) in [6.07, 6.45) is 6.27. The summed E-state index contributed by atoms with van der Waals surface area (Å²) in [7, 11) is -0.750. The van der Waals surface area contributed by atoms with Crippen LogP contribution in [0.5, 0.6) is 17.2 Å². The van der Waals surface area contributed by atoms with E-state index in [-0.39, 0.29) is 32.9 Å². The van der Waals surface area contributed by atoms with Gasteiger partial charge in [-0.15, -0.1) is 0 Å². The molecule has 4 N–H and O–H groups in total. The molecule has 0 bridgehead atoms. The number of carbonyl (C=O) groups excluding carboxylic acids is 1. The standard InChI is InChI=1S/C30H27F3N4O4S.CH4O/c1-30(11-14-40-26-17(6-4-13-38)5-3-7-21(26)30)37-16-36-29(34)20-15-18(8-9-22(20)31)41-27-24(33)23(32)25-19(10-12-35-25)28(27)42(2)39;1-2/h3,5,7-10,12-13,15-16,35H,4,6,11,14H2,1-2H3,(H2,34,36,37);2H,1H3. The van der Waals surface area contributed by atoms with Crippen molar-refractivity contribution in [3.05, 3.63) is 82.8 Å². The summed E-state index contributed by atoms with van der Waals surface area (Å²) in [5.41, 5.74) is 6.84. The molecule has 2 unspecified atom stereocenters. The van der Waals surface area contributed by atoms with Gasteiger partial charge in [0, 0.05) is 43.4 Å². The Bertz CT molecular complexity index is 1780. The van der Waals surface area contributed by atoms with E-state index in [1.165, 1.54) is 37.0 Å². The fourth-order valence-electron chi connectivity index (χ4n) is 4.93. The number of hydrogen-bond donors (Lipinski definition) is 3. The zero-order chi connectivity index (χ0) is 32.0. The number of aryl methyl sites for hydroxylation is 1. The third-order valence-corrected chi connectivity index (χ3v) is 8.09. The Morgan fingerprint density at radius 3 is 2.70 bits per heavy atom. The normalized spacial score (nSPS) is 17.0. The molecule has 232 valence electrons. The number of benzene rings is 3. The number of halogens is 3. The largest absolute Gasteiger partial charge is 0.493 e. The molecule has 9 nitrogen and oxygen atoms in total. The quantitative estimate of drug-likeness (QED) is 0.131. The van der Waals surface area contributed by atoms with Crippen molar-refractivity contribution in [1.29, 1.82) is 0 Å². The third-order valence-electron chi connectivity index (χ3n) is 7.11. The molecule has 5 rings (SSSR count). The smallest absolute Gasteiger partial charge is 0.204 e. The van der Waals surface area contributed by atoms with E-state index in [0.717, 1.165) is 30.6 Å². The third kappa shape index (κ3) is 6.38. The highest BCUT2D eigenvalue weighted by molar-refractivity contribution is 7.84. The maximum absolute atomic E-state index is 15.0. The molecule has 0 saturated heterocycles. The number of aromatic amines is 1. The molecule has 0 amide bonds. The topological polar surface area (TPSA) is 139 Å². The van der Waals surface area contributed by atoms with Crippen LogP contribution in [0, 0.1) is 17.5 Å². The first-order valence-electron chi connectivity index (χ1n) is 13.4. The fraction of sp³-hybridized carbons (Fsp3) is 0.258. The number of aliphatic imine (C=N–C) groups is 2. The minimum absolute atomic E-state index is 0.0518. The number of aromatic nitrogens is 1. The molecule has 3 aromatic carbocycles. The first-order chi connectivity index (χ1) is 21.1. The van der Waals surface area contributed by atoms with Crippen molar-refractivity contribution in [3.8, 4) is 17.2 Å². The van der Waals surface area contributed by atoms with Crippen molar-refractivity contribution in [2.24, 2.45) is 15.7 Å². The van der Waals surface area contributed by atoms with E-state index in [9.17, 15) is 17.8 Å². The molecule has 0 spiro atoms. The minimum Gasteiger partial charge on any atom is -0.493 e. The number of amidine groups is 1. The predicted octanol–water partition coefficient (Wildman–Crippen LogP) is 5.29. The summed E-state index contributed by atoms with van der Waals surface area (Å²) in [6.45, 7) is 2.32. The lowest BCUT2D eigenvalue weighted by Crippen LogP contribution is -2.29. The summed E-state index contributed by atoms with van der Waals surface area (Å²) >= 11 is 0. The number of aliphatic hydroxyl groups is 1. The first-order valence-corrected chi connectivity index (χ1v) is 15.0. The van der Waals surface area contributed by atoms with Gasteiger partial charge in [0.05, 0.1) is 38.9 Å². The summed E-state index contributed by atoms with van der Waals surface area (Å²) in [6, 6.07) is 10.6. The predicted molar refractivity (Wildman–Crippen MR) is 163 cm³/mol. The molecular weight excluding hydrogens is 597 g/mol. The number of carbonyl (C=O) groups is 1. The average Bonchev–Trinajstić information content (AvgIpc) is 3.50. The SMILES string of the molecule is CO.CS(=O)c1c(Oc2ccc(F)c(C(N)=NC=NC3(C)CCOc4c(CCC=O)cccc43)c2)c(F)c(F)c2[nH]ccc12. The van der Waals surface area contributed by atoms with Crippen LogP contribution in [0.15, 0.2) is 63.5 Å². The number of nitrogens with two attached hydrogens (primary N) is 1. The Balaban J connectivity index is 0.00000216. The van der Waals surface area contributed by atoms with Gasteiger partial charge in [-0.3, -0.25) is 9.20 Å². The van der Waals surface area contributed by atoms with Gasteiger partial charge in [0.15, 0.2) is 11.6 Å². The molecule has 2 heterocycles. The summed E-state index contributed by atoms with van der Waals surface area (Å²) in [4.78, 5) is 22.2. The van der Waals surface area contributed by atoms with Gasteiger partial charge in [0.2, 0.25) is 5.82 Å². The molecule has 1 aromatic heterocycles. The van der Waals surface area contributed by atoms with Crippen LogP contribution in [0.4, 0.5) is 13.2 Å². The lowest BCUT2D eigenvalue weighted by atomic mass is 9.85. The maximum atomic E-state index is 15.0. The number of nitrogens with one attached hydrogen (secondary N) is 1. The summed E-state index contributed by atoms with van der Waals surface area (Å²) in [5.74, 6) is -3.46. The zero-order valence-corrected chi connectivity index (χ0v) is 25.0. The molecule has 44 heavy (non-hydrogen) atoms. The minimum atomic E-state index is -1.75. The second-order valence-electron chi connectivity index (χ2n) is 9.88. The van der Waals surface area contributed by atoms with Gasteiger partial charge in [-0.1, -0.05) is 18.2 Å². The monoisotopic (exact) mass is 628 g/mol. The summed E-state index contributed by atoms with van der Waals surface area (Å²) < 4.78 is 68.5. The number of para-hydroxylation sites is 1. The van der Waals surface area contributed by atoms with Crippen LogP contribution in [0.3, 0.4) is 0 Å². The number of ether oxygens (including phenoxy) is 2. The fourth-order valence-corrected chi connectivity index (χ4v) is 5.80. The van der Waals surface area contributed by atoms with Gasteiger partial charge >= 0.3 is 0 Å². The van der Waals surface area contributed by atoms with Crippen LogP contribution in [0.1, 0.15) is 36.5 Å². The van der Waals surface area contributed by atoms with Crippen molar-refractivity contribution in [2.75, 3.05) is 20.0 Å². The van der Waals surface area contributed by atoms with Crippen LogP contribution in [0.2, 0.25) is 0 Å². The zero-order valence-electron chi connectivity index (χ0n) is 24.2. The van der Waals surface area contributed by atoms with Gasteiger partial charge in [0.25, 0.3) is 0 Å². The second-order valence-corrected chi connectivity index (χ2v) is 11.2. The molecule has 2 atom stereocenters. The van der Waals surface area contributed by atoms with Crippen LogP contribution in [-0.4, -0.2) is 52.7 Å². The van der Waals surface area contributed by atoms with Crippen LogP contribution in [0.25, 0.3) is 10.9 Å². The van der Waals surface area contributed by atoms with E-state index < -0.39 is 39.5 Å². The number of rotatable bonds is 9. The van der Waals surface area contributed by atoms with E-state index in [4.69, 9.17) is 20.3 Å². The molecule has 1 aliphatic rings. The Kier molecular flexibility index (Phi) is 10.2. The molecule has 0 radical (unpaired) electrons. The second kappa shape index (κ2) is 13.9. The molecule has 13 heteroatoms. The van der Waals surface area contributed by atoms with E-state index in [2.05, 4.69) is 15.0 Å². The van der Waals surface area contributed by atoms with Crippen LogP contribution in [-0.2, 0) is 27.6 Å². The van der Waals surface area contributed by atoms with Gasteiger partial charge in [0.1, 0.15) is 35.8 Å². The first kappa shape index (κ1) is 32.4. The van der Waals surface area contributed by atoms with Crippen LogP contribution < -0.4 is 15.2 Å². The highest BCUT2D eigenvalue weighted by Gasteiger charge is 2.33. The Morgan fingerprint density at radius 1 is 1.20 bits per heavy atom. The number of fused-ring (bicyclic) bond motifs is 2. The van der Waals surface area contributed by atoms with Crippen molar-refractivity contribution in [3.63, 3.8) is 0 Å². The Hall–Kier alpha value is -4.49. The van der Waals surface area contributed by atoms with E-state index in [0.29, 0.717) is 31.6 Å². The van der Waals surface area contributed by atoms with E-state index in [1.807, 2.05) is 25.1 Å². The maximum Gasteiger partial charge on any atom is 0.204 e. The number of hydrogen-bond acceptors (Lipinski definition) is 6. The molecule has 0 saturated carbocycles. The van der Waals surface area contributed by atoms with Crippen molar-refractivity contribution < 1.29 is 36.8 Å². The highest BCUT2D eigenvalue weighted by Crippen LogP contribution is 2.42. The van der Waals surface area contributed by atoms with Gasteiger partial charge in [-0.05, 0) is 43.2 Å². The van der Waals surface area contributed by atoms with Gasteiger partial charge < -0.3 is 30.1 Å². The number of H-pyrrole nitrogens is 1. The van der Waals surface area contributed by atoms with E-state index >= 15 is 4.39 Å². The number of aldehydes is 1. The van der Waals surface area contributed by atoms with Gasteiger partial charge in [-0.2, -0.15) is 4.39 Å². The molecule has 1 aliphatic heterocycles. The van der Waals surface area contributed by atoms with Crippen molar-refractivity contribution in [1.82, 2.24) is 4.98 Å². The van der Waals surface area contributed by atoms with Crippen molar-refractivity contribution >= 4 is 40.2 Å². The van der Waals surface area contributed by atoms with E-state index in [1.54, 1.807) is 0 Å². The van der Waals surface area contributed by atoms with Gasteiger partial charge in [-0.25, -0.2) is 13.8 Å².